The Morgan fingerprint density at radius 3 is 2.16 bits per heavy atom. The number of nitrogens with zero attached hydrogens (tertiary/aromatic N) is 2. The molecule has 0 radical (unpaired) electrons. The minimum atomic E-state index is -0.243. The molecule has 5 nitrogen and oxygen atoms in total. The van der Waals surface area contributed by atoms with Gasteiger partial charge in [0.15, 0.2) is 5.75 Å². The Hall–Kier alpha value is -1.76. The molecule has 0 spiro atoms. The van der Waals surface area contributed by atoms with Crippen LogP contribution in [0.15, 0.2) is 29.6 Å². The molecule has 2 amide bonds. The van der Waals surface area contributed by atoms with Gasteiger partial charge >= 0.3 is 0 Å². The monoisotopic (exact) mass is 398 g/mol. The number of benzene rings is 1. The Labute approximate surface area is 159 Å². The molecule has 8 heteroatoms. The number of rotatable bonds is 3. The van der Waals surface area contributed by atoms with Crippen LogP contribution in [0.3, 0.4) is 0 Å². The van der Waals surface area contributed by atoms with Crippen molar-refractivity contribution in [3.8, 4) is 5.75 Å². The van der Waals surface area contributed by atoms with Gasteiger partial charge in [0.05, 0.1) is 22.0 Å². The van der Waals surface area contributed by atoms with Crippen LogP contribution in [-0.4, -0.2) is 54.9 Å². The molecule has 1 aliphatic heterocycles. The highest BCUT2D eigenvalue weighted by Crippen LogP contribution is 2.34. The van der Waals surface area contributed by atoms with Crippen molar-refractivity contribution in [2.45, 2.75) is 0 Å². The molecule has 0 unspecified atom stereocenters. The van der Waals surface area contributed by atoms with Gasteiger partial charge in [-0.2, -0.15) is 0 Å². The second-order valence-electron chi connectivity index (χ2n) is 5.50. The smallest absolute Gasteiger partial charge is 0.264 e. The van der Waals surface area contributed by atoms with Crippen LogP contribution in [-0.2, 0) is 0 Å². The highest BCUT2D eigenvalue weighted by Gasteiger charge is 2.29. The SMILES string of the molecule is COc1c(Cl)ccc(Cl)c1C(=O)N1CCN(C(=O)c2cccs2)CC1. The first-order valence-electron chi connectivity index (χ1n) is 7.67. The van der Waals surface area contributed by atoms with Crippen molar-refractivity contribution in [3.05, 3.63) is 50.1 Å². The van der Waals surface area contributed by atoms with E-state index in [1.807, 2.05) is 11.4 Å². The number of hydrogen-bond acceptors (Lipinski definition) is 4. The zero-order valence-corrected chi connectivity index (χ0v) is 15.8. The van der Waals surface area contributed by atoms with Crippen LogP contribution in [0.5, 0.6) is 5.75 Å². The number of carbonyl (C=O) groups excluding carboxylic acids is 2. The van der Waals surface area contributed by atoms with Crippen molar-refractivity contribution >= 4 is 46.4 Å². The molecular weight excluding hydrogens is 383 g/mol. The fourth-order valence-corrected chi connectivity index (χ4v) is 3.91. The Morgan fingerprint density at radius 1 is 1.00 bits per heavy atom. The minimum Gasteiger partial charge on any atom is -0.494 e. The van der Waals surface area contributed by atoms with Gasteiger partial charge in [0.1, 0.15) is 5.56 Å². The lowest BCUT2D eigenvalue weighted by atomic mass is 10.1. The van der Waals surface area contributed by atoms with Gasteiger partial charge in [0.25, 0.3) is 11.8 Å². The fraction of sp³-hybridized carbons (Fsp3) is 0.294. The molecule has 132 valence electrons. The first-order chi connectivity index (χ1) is 12.0. The van der Waals surface area contributed by atoms with E-state index in [1.54, 1.807) is 28.0 Å². The molecule has 1 fully saturated rings. The first kappa shape index (κ1) is 18.0. The topological polar surface area (TPSA) is 49.9 Å². The lowest BCUT2D eigenvalue weighted by Crippen LogP contribution is -2.50. The lowest BCUT2D eigenvalue weighted by molar-refractivity contribution is 0.0536. The van der Waals surface area contributed by atoms with Gasteiger partial charge in [-0.25, -0.2) is 0 Å². The summed E-state index contributed by atoms with van der Waals surface area (Å²) in [6.07, 6.45) is 0. The first-order valence-corrected chi connectivity index (χ1v) is 9.30. The molecule has 2 aromatic rings. The summed E-state index contributed by atoms with van der Waals surface area (Å²) in [4.78, 5) is 29.4. The number of thiophene rings is 1. The normalized spacial score (nSPS) is 14.5. The zero-order valence-electron chi connectivity index (χ0n) is 13.5. The van der Waals surface area contributed by atoms with Crippen molar-refractivity contribution in [1.29, 1.82) is 0 Å². The van der Waals surface area contributed by atoms with Crippen LogP contribution in [0.25, 0.3) is 0 Å². The van der Waals surface area contributed by atoms with Gasteiger partial charge in [-0.3, -0.25) is 9.59 Å². The van der Waals surface area contributed by atoms with Crippen molar-refractivity contribution in [1.82, 2.24) is 9.80 Å². The van der Waals surface area contributed by atoms with Crippen molar-refractivity contribution in [2.24, 2.45) is 0 Å². The molecule has 3 rings (SSSR count). The quantitative estimate of drug-likeness (QED) is 0.792. The van der Waals surface area contributed by atoms with Gasteiger partial charge < -0.3 is 14.5 Å². The third-order valence-electron chi connectivity index (χ3n) is 4.06. The van der Waals surface area contributed by atoms with E-state index in [0.717, 1.165) is 0 Å². The Balaban J connectivity index is 1.72. The van der Waals surface area contributed by atoms with Crippen LogP contribution in [0.4, 0.5) is 0 Å². The Bertz CT molecular complexity index is 787. The maximum absolute atomic E-state index is 12.9. The van der Waals surface area contributed by atoms with E-state index >= 15 is 0 Å². The predicted octanol–water partition coefficient (Wildman–Crippen LogP) is 3.66. The molecule has 1 aromatic carbocycles. The third-order valence-corrected chi connectivity index (χ3v) is 5.53. The van der Waals surface area contributed by atoms with Crippen molar-refractivity contribution in [2.75, 3.05) is 33.3 Å². The average Bonchev–Trinajstić information content (AvgIpc) is 3.17. The summed E-state index contributed by atoms with van der Waals surface area (Å²) in [6, 6.07) is 6.83. The summed E-state index contributed by atoms with van der Waals surface area (Å²) < 4.78 is 5.25. The molecular formula is C17H16Cl2N2O3S. The molecule has 1 aliphatic rings. The fourth-order valence-electron chi connectivity index (χ4n) is 2.76. The summed E-state index contributed by atoms with van der Waals surface area (Å²) in [6.45, 7) is 1.82. The van der Waals surface area contributed by atoms with E-state index in [9.17, 15) is 9.59 Å². The molecule has 0 N–H and O–H groups in total. The van der Waals surface area contributed by atoms with Crippen LogP contribution < -0.4 is 4.74 Å². The number of piperazine rings is 1. The predicted molar refractivity (Wildman–Crippen MR) is 99.1 cm³/mol. The lowest BCUT2D eigenvalue weighted by Gasteiger charge is -2.35. The van der Waals surface area contributed by atoms with E-state index in [4.69, 9.17) is 27.9 Å². The summed E-state index contributed by atoms with van der Waals surface area (Å²) in [7, 11) is 1.45. The van der Waals surface area contributed by atoms with Crippen molar-refractivity contribution < 1.29 is 14.3 Å². The molecule has 2 heterocycles. The third kappa shape index (κ3) is 3.61. The number of hydrogen-bond donors (Lipinski definition) is 0. The molecule has 0 atom stereocenters. The van der Waals surface area contributed by atoms with Crippen LogP contribution in [0, 0.1) is 0 Å². The number of amides is 2. The highest BCUT2D eigenvalue weighted by molar-refractivity contribution is 7.12. The Kier molecular flexibility index (Phi) is 5.51. The molecule has 0 saturated carbocycles. The minimum absolute atomic E-state index is 0.000433. The molecule has 1 aromatic heterocycles. The maximum Gasteiger partial charge on any atom is 0.264 e. The van der Waals surface area contributed by atoms with Crippen LogP contribution in [0.2, 0.25) is 10.0 Å². The van der Waals surface area contributed by atoms with Crippen molar-refractivity contribution in [3.63, 3.8) is 0 Å². The molecule has 1 saturated heterocycles. The van der Waals surface area contributed by atoms with Gasteiger partial charge in [-0.1, -0.05) is 29.3 Å². The Morgan fingerprint density at radius 2 is 1.60 bits per heavy atom. The summed E-state index contributed by atoms with van der Waals surface area (Å²) in [5.74, 6) is 0.0318. The van der Waals surface area contributed by atoms with Gasteiger partial charge in [-0.05, 0) is 23.6 Å². The largest absolute Gasteiger partial charge is 0.494 e. The number of ether oxygens (including phenoxy) is 1. The number of methoxy groups -OCH3 is 1. The maximum atomic E-state index is 12.9. The van der Waals surface area contributed by atoms with E-state index < -0.39 is 0 Å². The highest BCUT2D eigenvalue weighted by atomic mass is 35.5. The van der Waals surface area contributed by atoms with Crippen LogP contribution in [0.1, 0.15) is 20.0 Å². The average molecular weight is 399 g/mol. The summed E-state index contributed by atoms with van der Waals surface area (Å²) in [5.41, 5.74) is 0.259. The molecule has 0 aliphatic carbocycles. The van der Waals surface area contributed by atoms with E-state index in [2.05, 4.69) is 0 Å². The number of carbonyl (C=O) groups is 2. The van der Waals surface area contributed by atoms with E-state index in [1.165, 1.54) is 18.4 Å². The van der Waals surface area contributed by atoms with E-state index in [-0.39, 0.29) is 23.1 Å². The number of halogens is 2. The van der Waals surface area contributed by atoms with Gasteiger partial charge in [0.2, 0.25) is 0 Å². The van der Waals surface area contributed by atoms with E-state index in [0.29, 0.717) is 41.1 Å². The van der Waals surface area contributed by atoms with Gasteiger partial charge in [0, 0.05) is 26.2 Å². The second kappa shape index (κ2) is 7.64. The molecule has 0 bridgehead atoms. The standard InChI is InChI=1S/C17H16Cl2N2O3S/c1-24-15-12(19)5-4-11(18)14(15)17(23)21-8-6-20(7-9-21)16(22)13-3-2-10-25-13/h2-5,10H,6-9H2,1H3. The van der Waals surface area contributed by atoms with Gasteiger partial charge in [-0.15, -0.1) is 11.3 Å². The molecule has 25 heavy (non-hydrogen) atoms. The van der Waals surface area contributed by atoms with Crippen LogP contribution >= 0.6 is 34.5 Å². The zero-order chi connectivity index (χ0) is 18.0. The second-order valence-corrected chi connectivity index (χ2v) is 7.26. The summed E-state index contributed by atoms with van der Waals surface area (Å²) in [5, 5.41) is 2.51. The summed E-state index contributed by atoms with van der Waals surface area (Å²) >= 11 is 13.7.